The normalized spacial score (nSPS) is 19.4. The standard InChI is InChI=1S/C12H16N2O4/c1-17-12(16)10-4-3-9(18-10)7-13-8-2-5-11(15)14-6-8/h3-4,8,13H,2,5-7H2,1H3,(H,14,15). The summed E-state index contributed by atoms with van der Waals surface area (Å²) in [7, 11) is 1.31. The van der Waals surface area contributed by atoms with Crippen LogP contribution in [0, 0.1) is 0 Å². The average Bonchev–Trinajstić information content (AvgIpc) is 2.86. The molecule has 0 aromatic carbocycles. The van der Waals surface area contributed by atoms with E-state index in [2.05, 4.69) is 15.4 Å². The second kappa shape index (κ2) is 5.68. The molecule has 1 unspecified atom stereocenters. The fraction of sp³-hybridized carbons (Fsp3) is 0.500. The van der Waals surface area contributed by atoms with Gasteiger partial charge >= 0.3 is 5.97 Å². The summed E-state index contributed by atoms with van der Waals surface area (Å²) in [5.74, 6) is 0.490. The van der Waals surface area contributed by atoms with E-state index < -0.39 is 5.97 Å². The van der Waals surface area contributed by atoms with Crippen LogP contribution in [0.15, 0.2) is 16.5 Å². The Morgan fingerprint density at radius 1 is 1.61 bits per heavy atom. The number of carbonyl (C=O) groups is 2. The van der Waals surface area contributed by atoms with Crippen LogP contribution in [0.4, 0.5) is 0 Å². The monoisotopic (exact) mass is 252 g/mol. The fourth-order valence-corrected chi connectivity index (χ4v) is 1.84. The number of esters is 1. The number of methoxy groups -OCH3 is 1. The molecule has 1 saturated heterocycles. The highest BCUT2D eigenvalue weighted by molar-refractivity contribution is 5.86. The van der Waals surface area contributed by atoms with Crippen molar-refractivity contribution >= 4 is 11.9 Å². The summed E-state index contributed by atoms with van der Waals surface area (Å²) in [5.41, 5.74) is 0. The lowest BCUT2D eigenvalue weighted by Gasteiger charge is -2.22. The van der Waals surface area contributed by atoms with Gasteiger partial charge in [0.05, 0.1) is 13.7 Å². The molecule has 0 spiro atoms. The van der Waals surface area contributed by atoms with Crippen molar-refractivity contribution < 1.29 is 18.7 Å². The molecule has 1 fully saturated rings. The molecule has 0 saturated carbocycles. The fourth-order valence-electron chi connectivity index (χ4n) is 1.84. The number of nitrogens with one attached hydrogen (secondary N) is 2. The SMILES string of the molecule is COC(=O)c1ccc(CNC2CCC(=O)NC2)o1. The second-order valence-corrected chi connectivity index (χ2v) is 4.18. The molecule has 2 heterocycles. The van der Waals surface area contributed by atoms with E-state index in [9.17, 15) is 9.59 Å². The van der Waals surface area contributed by atoms with Crippen molar-refractivity contribution in [1.29, 1.82) is 0 Å². The molecule has 98 valence electrons. The lowest BCUT2D eigenvalue weighted by Crippen LogP contribution is -2.45. The van der Waals surface area contributed by atoms with Crippen molar-refractivity contribution in [2.75, 3.05) is 13.7 Å². The van der Waals surface area contributed by atoms with E-state index in [0.29, 0.717) is 25.3 Å². The average molecular weight is 252 g/mol. The first kappa shape index (κ1) is 12.6. The highest BCUT2D eigenvalue weighted by atomic mass is 16.5. The number of rotatable bonds is 4. The summed E-state index contributed by atoms with van der Waals surface area (Å²) < 4.78 is 9.88. The molecule has 2 rings (SSSR count). The zero-order valence-corrected chi connectivity index (χ0v) is 10.2. The predicted molar refractivity (Wildman–Crippen MR) is 62.9 cm³/mol. The summed E-state index contributed by atoms with van der Waals surface area (Å²) in [4.78, 5) is 22.2. The summed E-state index contributed by atoms with van der Waals surface area (Å²) in [6.07, 6.45) is 1.36. The number of amides is 1. The molecule has 1 aromatic rings. The van der Waals surface area contributed by atoms with Crippen LogP contribution in [-0.4, -0.2) is 31.6 Å². The quantitative estimate of drug-likeness (QED) is 0.760. The minimum Gasteiger partial charge on any atom is -0.463 e. The molecule has 6 heteroatoms. The van der Waals surface area contributed by atoms with Crippen molar-refractivity contribution in [1.82, 2.24) is 10.6 Å². The van der Waals surface area contributed by atoms with Crippen LogP contribution in [0.3, 0.4) is 0 Å². The summed E-state index contributed by atoms with van der Waals surface area (Å²) in [6.45, 7) is 1.15. The number of hydrogen-bond donors (Lipinski definition) is 2. The van der Waals surface area contributed by atoms with E-state index in [1.165, 1.54) is 7.11 Å². The van der Waals surface area contributed by atoms with Gasteiger partial charge in [0, 0.05) is 19.0 Å². The van der Waals surface area contributed by atoms with Crippen molar-refractivity contribution in [2.24, 2.45) is 0 Å². The van der Waals surface area contributed by atoms with Crippen LogP contribution in [0.2, 0.25) is 0 Å². The third-order valence-electron chi connectivity index (χ3n) is 2.88. The van der Waals surface area contributed by atoms with Crippen LogP contribution in [0.5, 0.6) is 0 Å². The van der Waals surface area contributed by atoms with Gasteiger partial charge in [-0.3, -0.25) is 4.79 Å². The zero-order valence-electron chi connectivity index (χ0n) is 10.2. The molecule has 1 amide bonds. The minimum atomic E-state index is -0.480. The van der Waals surface area contributed by atoms with Gasteiger partial charge in [-0.15, -0.1) is 0 Å². The number of furan rings is 1. The van der Waals surface area contributed by atoms with Gasteiger partial charge in [-0.05, 0) is 18.6 Å². The van der Waals surface area contributed by atoms with Gasteiger partial charge in [0.25, 0.3) is 0 Å². The van der Waals surface area contributed by atoms with Crippen LogP contribution < -0.4 is 10.6 Å². The van der Waals surface area contributed by atoms with Crippen molar-refractivity contribution in [2.45, 2.75) is 25.4 Å². The van der Waals surface area contributed by atoms with Gasteiger partial charge in [-0.1, -0.05) is 0 Å². The van der Waals surface area contributed by atoms with E-state index in [4.69, 9.17) is 4.42 Å². The summed E-state index contributed by atoms with van der Waals surface area (Å²) in [6, 6.07) is 3.57. The summed E-state index contributed by atoms with van der Waals surface area (Å²) >= 11 is 0. The van der Waals surface area contributed by atoms with Gasteiger partial charge in [0.15, 0.2) is 0 Å². The molecule has 0 radical (unpaired) electrons. The maximum absolute atomic E-state index is 11.2. The van der Waals surface area contributed by atoms with Gasteiger partial charge in [-0.2, -0.15) is 0 Å². The molecule has 1 atom stereocenters. The van der Waals surface area contributed by atoms with Gasteiger partial charge < -0.3 is 19.8 Å². The number of piperidine rings is 1. The molecular weight excluding hydrogens is 236 g/mol. The highest BCUT2D eigenvalue weighted by Crippen LogP contribution is 2.10. The Bertz CT molecular complexity index is 431. The van der Waals surface area contributed by atoms with E-state index in [0.717, 1.165) is 6.42 Å². The number of hydrogen-bond acceptors (Lipinski definition) is 5. The molecule has 1 aliphatic rings. The maximum Gasteiger partial charge on any atom is 0.373 e. The number of carbonyl (C=O) groups excluding carboxylic acids is 2. The predicted octanol–water partition coefficient (Wildman–Crippen LogP) is 0.434. The zero-order chi connectivity index (χ0) is 13.0. The lowest BCUT2D eigenvalue weighted by atomic mass is 10.1. The first-order valence-electron chi connectivity index (χ1n) is 5.86. The molecule has 18 heavy (non-hydrogen) atoms. The molecule has 1 aromatic heterocycles. The third-order valence-corrected chi connectivity index (χ3v) is 2.88. The Morgan fingerprint density at radius 3 is 3.11 bits per heavy atom. The van der Waals surface area contributed by atoms with E-state index in [1.807, 2.05) is 0 Å². The van der Waals surface area contributed by atoms with Crippen molar-refractivity contribution in [3.05, 3.63) is 23.7 Å². The Hall–Kier alpha value is -1.82. The largest absolute Gasteiger partial charge is 0.463 e. The first-order valence-corrected chi connectivity index (χ1v) is 5.86. The Kier molecular flexibility index (Phi) is 3.99. The first-order chi connectivity index (χ1) is 8.69. The Morgan fingerprint density at radius 2 is 2.44 bits per heavy atom. The van der Waals surface area contributed by atoms with Crippen LogP contribution >= 0.6 is 0 Å². The topological polar surface area (TPSA) is 80.6 Å². The highest BCUT2D eigenvalue weighted by Gasteiger charge is 2.18. The molecule has 6 nitrogen and oxygen atoms in total. The van der Waals surface area contributed by atoms with Gasteiger partial charge in [0.1, 0.15) is 5.76 Å². The lowest BCUT2D eigenvalue weighted by molar-refractivity contribution is -0.122. The Balaban J connectivity index is 1.81. The van der Waals surface area contributed by atoms with Gasteiger partial charge in [0.2, 0.25) is 11.7 Å². The van der Waals surface area contributed by atoms with Crippen LogP contribution in [-0.2, 0) is 16.1 Å². The molecule has 0 bridgehead atoms. The summed E-state index contributed by atoms with van der Waals surface area (Å²) in [5, 5.41) is 6.06. The minimum absolute atomic E-state index is 0.0963. The Labute approximate surface area is 105 Å². The molecule has 1 aliphatic heterocycles. The van der Waals surface area contributed by atoms with Crippen LogP contribution in [0.25, 0.3) is 0 Å². The van der Waals surface area contributed by atoms with E-state index in [-0.39, 0.29) is 17.7 Å². The third kappa shape index (κ3) is 3.10. The molecule has 2 N–H and O–H groups in total. The van der Waals surface area contributed by atoms with Crippen molar-refractivity contribution in [3.8, 4) is 0 Å². The molecule has 0 aliphatic carbocycles. The van der Waals surface area contributed by atoms with E-state index >= 15 is 0 Å². The van der Waals surface area contributed by atoms with Crippen LogP contribution in [0.1, 0.15) is 29.2 Å². The van der Waals surface area contributed by atoms with E-state index in [1.54, 1.807) is 12.1 Å². The molecular formula is C12H16N2O4. The van der Waals surface area contributed by atoms with Crippen molar-refractivity contribution in [3.63, 3.8) is 0 Å². The second-order valence-electron chi connectivity index (χ2n) is 4.18. The maximum atomic E-state index is 11.2. The smallest absolute Gasteiger partial charge is 0.373 e. The van der Waals surface area contributed by atoms with Gasteiger partial charge in [-0.25, -0.2) is 4.79 Å². The number of ether oxygens (including phenoxy) is 1.